The number of thioether (sulfide) groups is 1. The summed E-state index contributed by atoms with van der Waals surface area (Å²) in [6.07, 6.45) is 0.381. The van der Waals surface area contributed by atoms with E-state index in [9.17, 15) is 18.8 Å². The predicted octanol–water partition coefficient (Wildman–Crippen LogP) is 3.17. The smallest absolute Gasteiger partial charge is 0.251 e. The Morgan fingerprint density at radius 2 is 1.66 bits per heavy atom. The van der Waals surface area contributed by atoms with Crippen LogP contribution in [0.2, 0.25) is 0 Å². The van der Waals surface area contributed by atoms with E-state index in [4.69, 9.17) is 0 Å². The van der Waals surface area contributed by atoms with Crippen LogP contribution in [0.3, 0.4) is 0 Å². The molecule has 0 atom stereocenters. The lowest BCUT2D eigenvalue weighted by molar-refractivity contribution is -0.113. The zero-order valence-electron chi connectivity index (χ0n) is 18.7. The summed E-state index contributed by atoms with van der Waals surface area (Å²) in [5.41, 5.74) is 2.09. The van der Waals surface area contributed by atoms with Crippen molar-refractivity contribution in [1.82, 2.24) is 25.1 Å². The van der Waals surface area contributed by atoms with Crippen LogP contribution < -0.4 is 10.6 Å². The van der Waals surface area contributed by atoms with Gasteiger partial charge in [-0.3, -0.25) is 14.4 Å². The number of halogens is 1. The number of nitrogens with one attached hydrogen (secondary N) is 2. The second-order valence-corrected chi connectivity index (χ2v) is 8.54. The SMILES string of the molecule is CC(=O)c1ccc(NC(=O)CSc2ccc3nnc(CCNC(=O)c4ccc(F)cc4)n3n2)cc1. The van der Waals surface area contributed by atoms with E-state index in [-0.39, 0.29) is 23.4 Å². The number of nitrogens with zero attached hydrogens (tertiary/aromatic N) is 4. The summed E-state index contributed by atoms with van der Waals surface area (Å²) in [6, 6.07) is 15.5. The maximum Gasteiger partial charge on any atom is 0.251 e. The minimum atomic E-state index is -0.406. The van der Waals surface area contributed by atoms with Crippen molar-refractivity contribution in [2.75, 3.05) is 17.6 Å². The molecule has 9 nitrogen and oxygen atoms in total. The first-order chi connectivity index (χ1) is 16.9. The summed E-state index contributed by atoms with van der Waals surface area (Å²) >= 11 is 1.26. The van der Waals surface area contributed by atoms with E-state index in [0.717, 1.165) is 0 Å². The fourth-order valence-corrected chi connectivity index (χ4v) is 3.82. The molecule has 0 unspecified atom stereocenters. The van der Waals surface area contributed by atoms with Crippen molar-refractivity contribution in [3.05, 3.63) is 83.4 Å². The molecule has 2 heterocycles. The molecule has 178 valence electrons. The Balaban J connectivity index is 1.31. The van der Waals surface area contributed by atoms with Gasteiger partial charge < -0.3 is 10.6 Å². The molecule has 0 saturated heterocycles. The van der Waals surface area contributed by atoms with Crippen molar-refractivity contribution in [2.45, 2.75) is 18.4 Å². The van der Waals surface area contributed by atoms with E-state index in [2.05, 4.69) is 25.9 Å². The minimum Gasteiger partial charge on any atom is -0.352 e. The van der Waals surface area contributed by atoms with Gasteiger partial charge in [-0.1, -0.05) is 11.8 Å². The highest BCUT2D eigenvalue weighted by Crippen LogP contribution is 2.17. The second-order valence-electron chi connectivity index (χ2n) is 7.54. The summed E-state index contributed by atoms with van der Waals surface area (Å²) in [6.45, 7) is 1.78. The summed E-state index contributed by atoms with van der Waals surface area (Å²) in [5, 5.41) is 18.9. The molecule has 11 heteroatoms. The van der Waals surface area contributed by atoms with E-state index in [1.54, 1.807) is 40.9 Å². The van der Waals surface area contributed by atoms with Gasteiger partial charge in [0.15, 0.2) is 17.3 Å². The topological polar surface area (TPSA) is 118 Å². The molecule has 0 aliphatic heterocycles. The number of fused-ring (bicyclic) bond motifs is 1. The molecule has 2 aromatic carbocycles. The number of hydrogen-bond acceptors (Lipinski definition) is 7. The van der Waals surface area contributed by atoms with Gasteiger partial charge in [0.05, 0.1) is 5.75 Å². The molecular weight excluding hydrogens is 471 g/mol. The van der Waals surface area contributed by atoms with Gasteiger partial charge >= 0.3 is 0 Å². The van der Waals surface area contributed by atoms with Crippen molar-refractivity contribution in [2.24, 2.45) is 0 Å². The molecule has 0 aliphatic rings. The molecule has 0 fully saturated rings. The molecule has 0 saturated carbocycles. The maximum atomic E-state index is 13.0. The molecule has 0 radical (unpaired) electrons. The highest BCUT2D eigenvalue weighted by atomic mass is 32.2. The molecule has 0 bridgehead atoms. The van der Waals surface area contributed by atoms with Crippen molar-refractivity contribution in [3.63, 3.8) is 0 Å². The number of amides is 2. The van der Waals surface area contributed by atoms with Crippen LogP contribution >= 0.6 is 11.8 Å². The summed E-state index contributed by atoms with van der Waals surface area (Å²) in [5.74, 6) is -0.277. The van der Waals surface area contributed by atoms with Gasteiger partial charge in [-0.2, -0.15) is 9.61 Å². The Kier molecular flexibility index (Phi) is 7.46. The lowest BCUT2D eigenvalue weighted by atomic mass is 10.1. The number of anilines is 1. The molecule has 2 amide bonds. The molecule has 2 aromatic heterocycles. The van der Waals surface area contributed by atoms with Crippen LogP contribution in [0.15, 0.2) is 65.7 Å². The first-order valence-corrected chi connectivity index (χ1v) is 11.7. The summed E-state index contributed by atoms with van der Waals surface area (Å²) in [4.78, 5) is 35.8. The Morgan fingerprint density at radius 1 is 0.943 bits per heavy atom. The van der Waals surface area contributed by atoms with Crippen LogP contribution in [0, 0.1) is 5.82 Å². The van der Waals surface area contributed by atoms with Crippen molar-refractivity contribution >= 4 is 40.7 Å². The molecule has 35 heavy (non-hydrogen) atoms. The minimum absolute atomic E-state index is 0.0384. The summed E-state index contributed by atoms with van der Waals surface area (Å²) in [7, 11) is 0. The summed E-state index contributed by atoms with van der Waals surface area (Å²) < 4.78 is 14.6. The van der Waals surface area contributed by atoms with Gasteiger partial charge in [0.1, 0.15) is 10.8 Å². The van der Waals surface area contributed by atoms with Crippen LogP contribution in [0.25, 0.3) is 5.65 Å². The van der Waals surface area contributed by atoms with E-state index in [1.165, 1.54) is 43.0 Å². The average molecular weight is 493 g/mol. The Hall–Kier alpha value is -4.12. The third kappa shape index (κ3) is 6.27. The largest absolute Gasteiger partial charge is 0.352 e. The third-order valence-electron chi connectivity index (χ3n) is 4.97. The van der Waals surface area contributed by atoms with Crippen molar-refractivity contribution in [1.29, 1.82) is 0 Å². The zero-order chi connectivity index (χ0) is 24.8. The Morgan fingerprint density at radius 3 is 2.37 bits per heavy atom. The number of carbonyl (C=O) groups is 3. The fourth-order valence-electron chi connectivity index (χ4n) is 3.17. The fraction of sp³-hybridized carbons (Fsp3) is 0.167. The standard InChI is InChI=1S/C24H21FN6O3S/c1-15(32)16-4-8-19(9-5-16)27-22(33)14-35-23-11-10-20-28-29-21(31(20)30-23)12-13-26-24(34)17-2-6-18(25)7-3-17/h2-11H,12-14H2,1H3,(H,26,34)(H,27,33). The van der Waals surface area contributed by atoms with Gasteiger partial charge in [-0.25, -0.2) is 4.39 Å². The molecule has 4 rings (SSSR count). The molecule has 2 N–H and O–H groups in total. The van der Waals surface area contributed by atoms with Crippen LogP contribution in [-0.4, -0.2) is 49.7 Å². The lowest BCUT2D eigenvalue weighted by Crippen LogP contribution is -2.26. The normalized spacial score (nSPS) is 10.8. The molecule has 0 spiro atoms. The van der Waals surface area contributed by atoms with Gasteiger partial charge in [-0.15, -0.1) is 10.2 Å². The Labute approximate surface area is 204 Å². The number of benzene rings is 2. The highest BCUT2D eigenvalue weighted by molar-refractivity contribution is 7.99. The maximum absolute atomic E-state index is 13.0. The van der Waals surface area contributed by atoms with E-state index >= 15 is 0 Å². The third-order valence-corrected chi connectivity index (χ3v) is 5.89. The molecule has 4 aromatic rings. The van der Waals surface area contributed by atoms with Gasteiger partial charge in [0.2, 0.25) is 5.91 Å². The predicted molar refractivity (Wildman–Crippen MR) is 129 cm³/mol. The first-order valence-electron chi connectivity index (χ1n) is 10.7. The zero-order valence-corrected chi connectivity index (χ0v) is 19.5. The van der Waals surface area contributed by atoms with Crippen LogP contribution in [0.4, 0.5) is 10.1 Å². The van der Waals surface area contributed by atoms with Crippen molar-refractivity contribution in [3.8, 4) is 0 Å². The lowest BCUT2D eigenvalue weighted by Gasteiger charge is -2.06. The molecule has 0 aliphatic carbocycles. The number of rotatable bonds is 9. The van der Waals surface area contributed by atoms with Crippen LogP contribution in [0.5, 0.6) is 0 Å². The van der Waals surface area contributed by atoms with Crippen LogP contribution in [-0.2, 0) is 11.2 Å². The number of aromatic nitrogens is 4. The Bertz CT molecular complexity index is 1370. The van der Waals surface area contributed by atoms with Gasteiger partial charge in [0, 0.05) is 29.8 Å². The first kappa shape index (κ1) is 24.0. The van der Waals surface area contributed by atoms with Gasteiger partial charge in [-0.05, 0) is 67.6 Å². The van der Waals surface area contributed by atoms with Gasteiger partial charge in [0.25, 0.3) is 5.91 Å². The molecular formula is C24H21FN6O3S. The number of Topliss-reactive ketones (excluding diaryl/α,β-unsaturated/α-hetero) is 1. The number of ketones is 1. The second kappa shape index (κ2) is 10.9. The average Bonchev–Trinajstić information content (AvgIpc) is 3.25. The van der Waals surface area contributed by atoms with Crippen molar-refractivity contribution < 1.29 is 18.8 Å². The highest BCUT2D eigenvalue weighted by Gasteiger charge is 2.11. The quantitative estimate of drug-likeness (QED) is 0.272. The number of hydrogen-bond donors (Lipinski definition) is 2. The van der Waals surface area contributed by atoms with E-state index in [1.807, 2.05) is 0 Å². The monoisotopic (exact) mass is 492 g/mol. The van der Waals surface area contributed by atoms with E-state index < -0.39 is 5.82 Å². The van der Waals surface area contributed by atoms with E-state index in [0.29, 0.717) is 46.3 Å². The number of carbonyl (C=O) groups excluding carboxylic acids is 3. The van der Waals surface area contributed by atoms with Crippen LogP contribution in [0.1, 0.15) is 33.5 Å².